The molecule has 2 N–H and O–H groups in total. The number of aromatic nitrogens is 1. The van der Waals surface area contributed by atoms with Crippen molar-refractivity contribution < 1.29 is 27.9 Å². The van der Waals surface area contributed by atoms with Crippen LogP contribution in [0.2, 0.25) is 5.02 Å². The zero-order valence-electron chi connectivity index (χ0n) is 12.2. The lowest BCUT2D eigenvalue weighted by atomic mass is 10.2. The number of carboxylic acids is 1. The molecular formula is C14H11ClN2O6S. The summed E-state index contributed by atoms with van der Waals surface area (Å²) in [6.07, 6.45) is 0. The van der Waals surface area contributed by atoms with Crippen LogP contribution in [0.5, 0.6) is 5.88 Å². The highest BCUT2D eigenvalue weighted by Crippen LogP contribution is 2.19. The van der Waals surface area contributed by atoms with E-state index in [0.29, 0.717) is 0 Å². The minimum Gasteiger partial charge on any atom is -0.481 e. The molecule has 0 saturated heterocycles. The van der Waals surface area contributed by atoms with Gasteiger partial charge >= 0.3 is 5.97 Å². The second kappa shape index (κ2) is 6.85. The Morgan fingerprint density at radius 1 is 1.25 bits per heavy atom. The molecule has 1 heterocycles. The molecule has 1 aromatic carbocycles. The number of benzene rings is 1. The number of carbonyl (C=O) groups excluding carboxylic acids is 1. The van der Waals surface area contributed by atoms with Gasteiger partial charge < -0.3 is 9.84 Å². The van der Waals surface area contributed by atoms with Crippen molar-refractivity contribution in [3.63, 3.8) is 0 Å². The van der Waals surface area contributed by atoms with E-state index in [-0.39, 0.29) is 16.6 Å². The second-order valence-corrected chi connectivity index (χ2v) is 6.54. The zero-order chi connectivity index (χ0) is 17.9. The molecule has 24 heavy (non-hydrogen) atoms. The van der Waals surface area contributed by atoms with Gasteiger partial charge in [-0.2, -0.15) is 0 Å². The van der Waals surface area contributed by atoms with Crippen molar-refractivity contribution in [3.8, 4) is 5.88 Å². The van der Waals surface area contributed by atoms with Crippen molar-refractivity contribution in [1.82, 2.24) is 9.71 Å². The van der Waals surface area contributed by atoms with Crippen LogP contribution in [0.4, 0.5) is 0 Å². The van der Waals surface area contributed by atoms with Gasteiger partial charge in [0.25, 0.3) is 15.9 Å². The molecule has 1 aromatic heterocycles. The summed E-state index contributed by atoms with van der Waals surface area (Å²) >= 11 is 5.80. The van der Waals surface area contributed by atoms with Gasteiger partial charge in [-0.1, -0.05) is 23.7 Å². The van der Waals surface area contributed by atoms with E-state index in [9.17, 15) is 18.0 Å². The van der Waals surface area contributed by atoms with Gasteiger partial charge in [-0.05, 0) is 18.2 Å². The van der Waals surface area contributed by atoms with Crippen LogP contribution >= 0.6 is 11.6 Å². The Labute approximate surface area is 142 Å². The lowest BCUT2D eigenvalue weighted by molar-refractivity contribution is 0.0692. The Hall–Kier alpha value is -2.65. The summed E-state index contributed by atoms with van der Waals surface area (Å²) in [5.41, 5.74) is -0.759. The largest absolute Gasteiger partial charge is 0.481 e. The Morgan fingerprint density at radius 3 is 2.54 bits per heavy atom. The third-order valence-corrected chi connectivity index (χ3v) is 4.45. The number of hydrogen-bond acceptors (Lipinski definition) is 6. The van der Waals surface area contributed by atoms with Crippen LogP contribution < -0.4 is 9.46 Å². The number of hydrogen-bond donors (Lipinski definition) is 2. The number of carbonyl (C=O) groups is 2. The number of carboxylic acid groups (broad SMARTS) is 1. The molecule has 2 aromatic rings. The van der Waals surface area contributed by atoms with Gasteiger partial charge in [0.2, 0.25) is 5.88 Å². The molecule has 0 aliphatic rings. The second-order valence-electron chi connectivity index (χ2n) is 4.45. The number of nitrogens with one attached hydrogen (secondary N) is 1. The zero-order valence-corrected chi connectivity index (χ0v) is 13.8. The van der Waals surface area contributed by atoms with E-state index >= 15 is 0 Å². The fourth-order valence-electron chi connectivity index (χ4n) is 1.80. The first-order valence-corrected chi connectivity index (χ1v) is 8.22. The van der Waals surface area contributed by atoms with Gasteiger partial charge in [-0.25, -0.2) is 22.9 Å². The molecule has 0 saturated carbocycles. The summed E-state index contributed by atoms with van der Waals surface area (Å²) in [7, 11) is -3.11. The molecule has 1 amide bonds. The number of pyridine rings is 1. The van der Waals surface area contributed by atoms with E-state index in [1.54, 1.807) is 4.72 Å². The maximum atomic E-state index is 12.3. The number of halogens is 1. The normalized spacial score (nSPS) is 10.9. The van der Waals surface area contributed by atoms with Crippen molar-refractivity contribution in [2.45, 2.75) is 4.90 Å². The Bertz CT molecular complexity index is 913. The molecule has 0 unspecified atom stereocenters. The third-order valence-electron chi connectivity index (χ3n) is 2.84. The fourth-order valence-corrected chi connectivity index (χ4v) is 3.16. The third kappa shape index (κ3) is 3.81. The predicted molar refractivity (Wildman–Crippen MR) is 83.9 cm³/mol. The molecule has 0 spiro atoms. The maximum Gasteiger partial charge on any atom is 0.337 e. The molecule has 0 fully saturated rings. The number of methoxy groups -OCH3 is 1. The number of rotatable bonds is 5. The quantitative estimate of drug-likeness (QED) is 0.818. The Kier molecular flexibility index (Phi) is 5.05. The average molecular weight is 371 g/mol. The number of ether oxygens (including phenoxy) is 1. The van der Waals surface area contributed by atoms with E-state index in [4.69, 9.17) is 21.4 Å². The van der Waals surface area contributed by atoms with Gasteiger partial charge in [0, 0.05) is 11.1 Å². The average Bonchev–Trinajstić information content (AvgIpc) is 2.53. The molecule has 10 heteroatoms. The van der Waals surface area contributed by atoms with Crippen LogP contribution in [0.15, 0.2) is 41.3 Å². The van der Waals surface area contributed by atoms with Crippen molar-refractivity contribution >= 4 is 33.5 Å². The van der Waals surface area contributed by atoms with Crippen molar-refractivity contribution in [2.75, 3.05) is 7.11 Å². The van der Waals surface area contributed by atoms with Gasteiger partial charge in [0.15, 0.2) is 0 Å². The number of aromatic carboxylic acids is 1. The van der Waals surface area contributed by atoms with Crippen molar-refractivity contribution in [3.05, 3.63) is 52.7 Å². The van der Waals surface area contributed by atoms with Crippen LogP contribution in [0.25, 0.3) is 0 Å². The predicted octanol–water partition coefficient (Wildman–Crippen LogP) is 1.56. The topological polar surface area (TPSA) is 123 Å². The van der Waals surface area contributed by atoms with Gasteiger partial charge in [-0.3, -0.25) is 4.79 Å². The molecule has 0 aliphatic carbocycles. The first kappa shape index (κ1) is 17.7. The highest BCUT2D eigenvalue weighted by atomic mass is 35.5. The van der Waals surface area contributed by atoms with E-state index in [0.717, 1.165) is 18.2 Å². The van der Waals surface area contributed by atoms with Crippen LogP contribution in [-0.2, 0) is 10.0 Å². The molecular weight excluding hydrogens is 360 g/mol. The summed E-state index contributed by atoms with van der Waals surface area (Å²) in [5, 5.41) is 9.18. The molecule has 0 radical (unpaired) electrons. The number of nitrogens with zero attached hydrogens (tertiary/aromatic N) is 1. The van der Waals surface area contributed by atoms with E-state index in [1.807, 2.05) is 0 Å². The van der Waals surface area contributed by atoms with Crippen LogP contribution in [-0.4, -0.2) is 37.5 Å². The van der Waals surface area contributed by atoms with Gasteiger partial charge in [0.1, 0.15) is 10.6 Å². The van der Waals surface area contributed by atoms with E-state index in [2.05, 4.69) is 4.98 Å². The minimum atomic E-state index is -4.42. The van der Waals surface area contributed by atoms with Gasteiger partial charge in [-0.15, -0.1) is 0 Å². The molecule has 2 rings (SSSR count). The first-order valence-electron chi connectivity index (χ1n) is 6.35. The fraction of sp³-hybridized carbons (Fsp3) is 0.0714. The lowest BCUT2D eigenvalue weighted by Gasteiger charge is -2.09. The first-order chi connectivity index (χ1) is 11.2. The van der Waals surface area contributed by atoms with Crippen LogP contribution in [0.3, 0.4) is 0 Å². The molecule has 0 bridgehead atoms. The summed E-state index contributed by atoms with van der Waals surface area (Å²) < 4.78 is 31.2. The Morgan fingerprint density at radius 2 is 1.92 bits per heavy atom. The van der Waals surface area contributed by atoms with Crippen molar-refractivity contribution in [2.24, 2.45) is 0 Å². The van der Waals surface area contributed by atoms with E-state index in [1.165, 1.54) is 25.3 Å². The summed E-state index contributed by atoms with van der Waals surface area (Å²) in [6.45, 7) is 0. The minimum absolute atomic E-state index is 0.0241. The number of amides is 1. The van der Waals surface area contributed by atoms with Gasteiger partial charge in [0.05, 0.1) is 12.7 Å². The van der Waals surface area contributed by atoms with Crippen molar-refractivity contribution in [1.29, 1.82) is 0 Å². The Balaban J connectivity index is 2.38. The molecule has 0 atom stereocenters. The standard InChI is InChI=1S/C14H11ClN2O6S/c1-23-12-7-8(15)6-10(16-12)13(18)17-24(21,22)11-5-3-2-4-9(11)14(19)20/h2-7H,1H3,(H,17,18)(H,19,20). The van der Waals surface area contributed by atoms with Crippen LogP contribution in [0, 0.1) is 0 Å². The van der Waals surface area contributed by atoms with E-state index < -0.39 is 32.4 Å². The number of sulfonamides is 1. The highest BCUT2D eigenvalue weighted by molar-refractivity contribution is 7.90. The molecule has 8 nitrogen and oxygen atoms in total. The lowest BCUT2D eigenvalue weighted by Crippen LogP contribution is -2.32. The summed E-state index contributed by atoms with van der Waals surface area (Å²) in [6, 6.07) is 7.39. The smallest absolute Gasteiger partial charge is 0.337 e. The summed E-state index contributed by atoms with van der Waals surface area (Å²) in [4.78, 5) is 26.5. The summed E-state index contributed by atoms with van der Waals surface area (Å²) in [5.74, 6) is -2.49. The monoisotopic (exact) mass is 370 g/mol. The SMILES string of the molecule is COc1cc(Cl)cc(C(=O)NS(=O)(=O)c2ccccc2C(=O)O)n1. The highest BCUT2D eigenvalue weighted by Gasteiger charge is 2.25. The molecule has 0 aliphatic heterocycles. The molecule has 126 valence electrons. The maximum absolute atomic E-state index is 12.3. The van der Waals surface area contributed by atoms with Crippen LogP contribution in [0.1, 0.15) is 20.8 Å².